The first kappa shape index (κ1) is 15.0. The van der Waals surface area contributed by atoms with E-state index in [2.05, 4.69) is 23.3 Å². The van der Waals surface area contributed by atoms with Gasteiger partial charge in [0.1, 0.15) is 0 Å². The quantitative estimate of drug-likeness (QED) is 0.856. The predicted molar refractivity (Wildman–Crippen MR) is 88.5 cm³/mol. The zero-order chi connectivity index (χ0) is 14.5. The maximum absolute atomic E-state index is 4.22. The van der Waals surface area contributed by atoms with Crippen LogP contribution in [0.5, 0.6) is 0 Å². The maximum atomic E-state index is 4.22. The van der Waals surface area contributed by atoms with Crippen molar-refractivity contribution >= 4 is 0 Å². The van der Waals surface area contributed by atoms with Gasteiger partial charge in [-0.1, -0.05) is 12.8 Å². The molecule has 0 amide bonds. The topological polar surface area (TPSA) is 24.9 Å². The number of pyridine rings is 1. The summed E-state index contributed by atoms with van der Waals surface area (Å²) in [7, 11) is 0. The molecule has 1 aromatic rings. The molecule has 1 aromatic heterocycles. The lowest BCUT2D eigenvalue weighted by Crippen LogP contribution is -2.28. The van der Waals surface area contributed by atoms with Gasteiger partial charge < -0.3 is 5.32 Å². The van der Waals surface area contributed by atoms with E-state index in [4.69, 9.17) is 0 Å². The van der Waals surface area contributed by atoms with Crippen molar-refractivity contribution in [1.82, 2.24) is 10.3 Å². The van der Waals surface area contributed by atoms with E-state index in [9.17, 15) is 0 Å². The Morgan fingerprint density at radius 3 is 2.57 bits per heavy atom. The summed E-state index contributed by atoms with van der Waals surface area (Å²) < 4.78 is 0. The molecule has 0 atom stereocenters. The third-order valence-electron chi connectivity index (χ3n) is 5.69. The number of aryl methyl sites for hydroxylation is 1. The number of nitrogens with zero attached hydrogens (tertiary/aromatic N) is 1. The van der Waals surface area contributed by atoms with Crippen LogP contribution in [0.25, 0.3) is 0 Å². The number of nitrogens with one attached hydrogen (secondary N) is 1. The Labute approximate surface area is 129 Å². The van der Waals surface area contributed by atoms with Gasteiger partial charge in [0, 0.05) is 18.4 Å². The van der Waals surface area contributed by atoms with Gasteiger partial charge in [0.15, 0.2) is 0 Å². The first-order valence-corrected chi connectivity index (χ1v) is 8.97. The molecule has 2 aliphatic rings. The molecule has 2 heteroatoms. The molecule has 0 spiro atoms. The monoisotopic (exact) mass is 286 g/mol. The average Bonchev–Trinajstić information content (AvgIpc) is 3.02. The van der Waals surface area contributed by atoms with Crippen LogP contribution in [0.15, 0.2) is 18.5 Å². The minimum atomic E-state index is 0.784. The molecule has 2 aliphatic carbocycles. The van der Waals surface area contributed by atoms with Crippen molar-refractivity contribution in [2.75, 3.05) is 6.54 Å². The van der Waals surface area contributed by atoms with Crippen LogP contribution in [0.1, 0.15) is 74.8 Å². The van der Waals surface area contributed by atoms with Crippen LogP contribution in [0.2, 0.25) is 0 Å². The average molecular weight is 286 g/mol. The summed E-state index contributed by atoms with van der Waals surface area (Å²) in [6.45, 7) is 3.45. The third-order valence-corrected chi connectivity index (χ3v) is 5.69. The summed E-state index contributed by atoms with van der Waals surface area (Å²) in [6.07, 6.45) is 16.6. The summed E-state index contributed by atoms with van der Waals surface area (Å²) >= 11 is 0. The number of rotatable bonds is 5. The van der Waals surface area contributed by atoms with E-state index in [-0.39, 0.29) is 0 Å². The molecule has 2 fully saturated rings. The third kappa shape index (κ3) is 4.06. The van der Waals surface area contributed by atoms with Crippen LogP contribution in [-0.4, -0.2) is 17.6 Å². The second kappa shape index (κ2) is 7.40. The van der Waals surface area contributed by atoms with Gasteiger partial charge in [-0.25, -0.2) is 0 Å². The molecule has 2 nitrogen and oxygen atoms in total. The fraction of sp³-hybridized carbons (Fsp3) is 0.737. The van der Waals surface area contributed by atoms with E-state index in [1.165, 1.54) is 69.9 Å². The Hall–Kier alpha value is -0.890. The van der Waals surface area contributed by atoms with Gasteiger partial charge in [0.2, 0.25) is 0 Å². The van der Waals surface area contributed by atoms with Crippen molar-refractivity contribution in [1.29, 1.82) is 0 Å². The summed E-state index contributed by atoms with van der Waals surface area (Å²) in [6, 6.07) is 3.07. The molecule has 0 aromatic carbocycles. The molecule has 0 unspecified atom stereocenters. The molecule has 1 heterocycles. The first-order valence-electron chi connectivity index (χ1n) is 8.97. The molecule has 3 rings (SSSR count). The van der Waals surface area contributed by atoms with Gasteiger partial charge in [-0.2, -0.15) is 0 Å². The smallest absolute Gasteiger partial charge is 0.0299 e. The Morgan fingerprint density at radius 2 is 1.86 bits per heavy atom. The largest absolute Gasteiger partial charge is 0.314 e. The van der Waals surface area contributed by atoms with Gasteiger partial charge in [0.05, 0.1) is 0 Å². The Morgan fingerprint density at radius 1 is 1.10 bits per heavy atom. The van der Waals surface area contributed by atoms with Crippen LogP contribution in [0.4, 0.5) is 0 Å². The molecule has 0 aliphatic heterocycles. The lowest BCUT2D eigenvalue weighted by Gasteiger charge is -2.30. The van der Waals surface area contributed by atoms with Crippen molar-refractivity contribution < 1.29 is 0 Å². The molecular formula is C19H30N2. The summed E-state index contributed by atoms with van der Waals surface area (Å²) in [5.41, 5.74) is 2.93. The highest BCUT2D eigenvalue weighted by Gasteiger charge is 2.23. The van der Waals surface area contributed by atoms with Gasteiger partial charge in [-0.15, -0.1) is 0 Å². The highest BCUT2D eigenvalue weighted by Crippen LogP contribution is 2.37. The Bertz CT molecular complexity index is 429. The van der Waals surface area contributed by atoms with Gasteiger partial charge in [0.25, 0.3) is 0 Å². The molecule has 0 bridgehead atoms. The van der Waals surface area contributed by atoms with Crippen molar-refractivity contribution in [2.24, 2.45) is 5.92 Å². The van der Waals surface area contributed by atoms with E-state index in [0.717, 1.165) is 17.9 Å². The van der Waals surface area contributed by atoms with Crippen LogP contribution in [0, 0.1) is 12.8 Å². The molecule has 21 heavy (non-hydrogen) atoms. The normalized spacial score (nSPS) is 27.1. The van der Waals surface area contributed by atoms with Crippen LogP contribution >= 0.6 is 0 Å². The molecule has 116 valence electrons. The summed E-state index contributed by atoms with van der Waals surface area (Å²) in [5.74, 6) is 1.74. The summed E-state index contributed by atoms with van der Waals surface area (Å²) in [4.78, 5) is 4.22. The van der Waals surface area contributed by atoms with Gasteiger partial charge in [-0.05, 0) is 87.4 Å². The van der Waals surface area contributed by atoms with Crippen LogP contribution < -0.4 is 5.32 Å². The Kier molecular flexibility index (Phi) is 5.29. The minimum absolute atomic E-state index is 0.784. The standard InChI is InChI=1S/C19H30N2/c1-15-14-20-12-11-19(15)17-8-6-16(7-9-17)10-13-21-18-4-2-3-5-18/h11-12,14,16-18,21H,2-10,13H2,1H3. The molecule has 2 saturated carbocycles. The van der Waals surface area contributed by atoms with Crippen molar-refractivity contribution in [3.8, 4) is 0 Å². The zero-order valence-electron chi connectivity index (χ0n) is 13.5. The first-order chi connectivity index (χ1) is 10.3. The lowest BCUT2D eigenvalue weighted by atomic mass is 9.77. The SMILES string of the molecule is Cc1cnccc1C1CCC(CCNC2CCCC2)CC1. The van der Waals surface area contributed by atoms with E-state index >= 15 is 0 Å². The second-order valence-electron chi connectivity index (χ2n) is 7.17. The predicted octanol–water partition coefficient (Wildman–Crippen LogP) is 4.59. The molecular weight excluding hydrogens is 256 g/mol. The maximum Gasteiger partial charge on any atom is 0.0299 e. The molecule has 1 N–H and O–H groups in total. The number of hydrogen-bond donors (Lipinski definition) is 1. The van der Waals surface area contributed by atoms with Gasteiger partial charge >= 0.3 is 0 Å². The van der Waals surface area contributed by atoms with E-state index < -0.39 is 0 Å². The number of aromatic nitrogens is 1. The second-order valence-corrected chi connectivity index (χ2v) is 7.17. The van der Waals surface area contributed by atoms with Gasteiger partial charge in [-0.3, -0.25) is 4.98 Å². The van der Waals surface area contributed by atoms with Crippen molar-refractivity contribution in [3.63, 3.8) is 0 Å². The number of hydrogen-bond acceptors (Lipinski definition) is 2. The fourth-order valence-corrected chi connectivity index (χ4v) is 4.33. The van der Waals surface area contributed by atoms with E-state index in [0.29, 0.717) is 0 Å². The lowest BCUT2D eigenvalue weighted by molar-refractivity contribution is 0.302. The Balaban J connectivity index is 1.39. The molecule has 0 radical (unpaired) electrons. The van der Waals surface area contributed by atoms with Crippen molar-refractivity contribution in [3.05, 3.63) is 29.6 Å². The van der Waals surface area contributed by atoms with E-state index in [1.54, 1.807) is 5.56 Å². The zero-order valence-corrected chi connectivity index (χ0v) is 13.5. The molecule has 0 saturated heterocycles. The van der Waals surface area contributed by atoms with Crippen LogP contribution in [0.3, 0.4) is 0 Å². The fourth-order valence-electron chi connectivity index (χ4n) is 4.33. The van der Waals surface area contributed by atoms with Crippen molar-refractivity contribution in [2.45, 2.75) is 76.7 Å². The highest BCUT2D eigenvalue weighted by atomic mass is 14.9. The minimum Gasteiger partial charge on any atom is -0.314 e. The van der Waals surface area contributed by atoms with E-state index in [1.807, 2.05) is 12.4 Å². The highest BCUT2D eigenvalue weighted by molar-refractivity contribution is 5.26. The summed E-state index contributed by atoms with van der Waals surface area (Å²) in [5, 5.41) is 3.77. The van der Waals surface area contributed by atoms with Crippen LogP contribution in [-0.2, 0) is 0 Å².